The third kappa shape index (κ3) is 6.29. The minimum Gasteiger partial charge on any atom is -0.466 e. The van der Waals surface area contributed by atoms with E-state index in [1.807, 2.05) is 42.5 Å². The van der Waals surface area contributed by atoms with E-state index in [0.29, 0.717) is 5.02 Å². The number of benzene rings is 2. The maximum atomic E-state index is 12.7. The average Bonchev–Trinajstić information content (AvgIpc) is 2.66. The normalized spacial score (nSPS) is 12.7. The van der Waals surface area contributed by atoms with Crippen LogP contribution >= 0.6 is 11.6 Å². The number of ether oxygens (including phenoxy) is 2. The molecule has 2 rings (SSSR count). The van der Waals surface area contributed by atoms with E-state index in [1.54, 1.807) is 26.0 Å². The summed E-state index contributed by atoms with van der Waals surface area (Å²) >= 11 is 6.01. The molecule has 2 atom stereocenters. The highest BCUT2D eigenvalue weighted by Gasteiger charge is 2.33. The summed E-state index contributed by atoms with van der Waals surface area (Å²) in [7, 11) is 0. The molecule has 144 valence electrons. The van der Waals surface area contributed by atoms with Crippen molar-refractivity contribution in [3.8, 4) is 0 Å². The van der Waals surface area contributed by atoms with Gasteiger partial charge in [0.25, 0.3) is 0 Å². The minimum absolute atomic E-state index is 0.0835. The third-order valence-electron chi connectivity index (χ3n) is 4.01. The number of nitrogens with one attached hydrogen (secondary N) is 1. The smallest absolute Gasteiger partial charge is 0.311 e. The van der Waals surface area contributed by atoms with E-state index in [4.69, 9.17) is 21.1 Å². The molecule has 0 saturated carbocycles. The molecule has 0 fully saturated rings. The summed E-state index contributed by atoms with van der Waals surface area (Å²) in [5.74, 6) is -1.64. The number of anilines is 1. The fourth-order valence-corrected chi connectivity index (χ4v) is 2.91. The predicted molar refractivity (Wildman–Crippen MR) is 106 cm³/mol. The zero-order chi connectivity index (χ0) is 19.6. The van der Waals surface area contributed by atoms with Gasteiger partial charge in [0.1, 0.15) is 0 Å². The lowest BCUT2D eigenvalue weighted by Crippen LogP contribution is -2.32. The Morgan fingerprint density at radius 3 is 2.19 bits per heavy atom. The fraction of sp³-hybridized carbons (Fsp3) is 0.333. The molecule has 2 aromatic rings. The highest BCUT2D eigenvalue weighted by Crippen LogP contribution is 2.31. The molecule has 5 nitrogen and oxygen atoms in total. The first-order valence-corrected chi connectivity index (χ1v) is 9.32. The first kappa shape index (κ1) is 20.8. The topological polar surface area (TPSA) is 64.6 Å². The molecule has 0 aromatic heterocycles. The van der Waals surface area contributed by atoms with Gasteiger partial charge in [0.15, 0.2) is 0 Å². The Hall–Kier alpha value is -2.53. The molecule has 0 radical (unpaired) electrons. The Morgan fingerprint density at radius 2 is 1.59 bits per heavy atom. The Balaban J connectivity index is 2.39. The number of carbonyl (C=O) groups is 2. The van der Waals surface area contributed by atoms with Gasteiger partial charge in [-0.25, -0.2) is 0 Å². The predicted octanol–water partition coefficient (Wildman–Crippen LogP) is 4.63. The van der Waals surface area contributed by atoms with Crippen molar-refractivity contribution in [2.45, 2.75) is 26.3 Å². The summed E-state index contributed by atoms with van der Waals surface area (Å²) in [6.45, 7) is 3.96. The number of carbonyl (C=O) groups excluding carboxylic acids is 2. The van der Waals surface area contributed by atoms with E-state index >= 15 is 0 Å². The Labute approximate surface area is 164 Å². The van der Waals surface area contributed by atoms with Crippen molar-refractivity contribution >= 4 is 29.2 Å². The molecule has 1 N–H and O–H groups in total. The van der Waals surface area contributed by atoms with Crippen molar-refractivity contribution in [1.29, 1.82) is 0 Å². The van der Waals surface area contributed by atoms with Gasteiger partial charge in [-0.1, -0.05) is 41.9 Å². The van der Waals surface area contributed by atoms with Crippen LogP contribution in [0.15, 0.2) is 54.6 Å². The monoisotopic (exact) mass is 389 g/mol. The lowest BCUT2D eigenvalue weighted by molar-refractivity contribution is -0.155. The van der Waals surface area contributed by atoms with Crippen molar-refractivity contribution in [1.82, 2.24) is 0 Å². The molecule has 0 saturated heterocycles. The maximum absolute atomic E-state index is 12.7. The number of para-hydroxylation sites is 1. The van der Waals surface area contributed by atoms with Crippen LogP contribution in [0.3, 0.4) is 0 Å². The largest absolute Gasteiger partial charge is 0.466 e. The SMILES string of the molecule is CCOC(=O)CC(C(=O)OCC)C(Nc1ccccc1)c1ccc(Cl)cc1. The zero-order valence-corrected chi connectivity index (χ0v) is 16.2. The van der Waals surface area contributed by atoms with Crippen molar-refractivity contribution in [3.05, 3.63) is 65.2 Å². The Kier molecular flexibility index (Phi) is 8.14. The van der Waals surface area contributed by atoms with Gasteiger partial charge in [0, 0.05) is 10.7 Å². The lowest BCUT2D eigenvalue weighted by atomic mass is 9.90. The van der Waals surface area contributed by atoms with Crippen LogP contribution in [0.5, 0.6) is 0 Å². The Bertz CT molecular complexity index is 734. The van der Waals surface area contributed by atoms with Gasteiger partial charge in [0.05, 0.1) is 31.6 Å². The average molecular weight is 390 g/mol. The maximum Gasteiger partial charge on any atom is 0.311 e. The quantitative estimate of drug-likeness (QED) is 0.633. The lowest BCUT2D eigenvalue weighted by Gasteiger charge is -2.27. The van der Waals surface area contributed by atoms with Crippen LogP contribution in [-0.2, 0) is 19.1 Å². The molecular weight excluding hydrogens is 366 g/mol. The molecular formula is C21H24ClNO4. The summed E-state index contributed by atoms with van der Waals surface area (Å²) < 4.78 is 10.3. The van der Waals surface area contributed by atoms with Crippen molar-refractivity contribution < 1.29 is 19.1 Å². The number of rotatable bonds is 9. The highest BCUT2D eigenvalue weighted by atomic mass is 35.5. The van der Waals surface area contributed by atoms with Gasteiger partial charge in [-0.05, 0) is 43.7 Å². The molecule has 2 unspecified atom stereocenters. The number of halogens is 1. The fourth-order valence-electron chi connectivity index (χ4n) is 2.79. The summed E-state index contributed by atoms with van der Waals surface area (Å²) in [5, 5.41) is 3.94. The van der Waals surface area contributed by atoms with E-state index < -0.39 is 23.9 Å². The number of hydrogen-bond acceptors (Lipinski definition) is 5. The van der Waals surface area contributed by atoms with Gasteiger partial charge >= 0.3 is 11.9 Å². The standard InChI is InChI=1S/C21H24ClNO4/c1-3-26-19(24)14-18(21(25)27-4-2)20(15-10-12-16(22)13-11-15)23-17-8-6-5-7-9-17/h5-13,18,20,23H,3-4,14H2,1-2H3. The summed E-state index contributed by atoms with van der Waals surface area (Å²) in [4.78, 5) is 24.8. The van der Waals surface area contributed by atoms with Crippen LogP contribution < -0.4 is 5.32 Å². The second kappa shape index (κ2) is 10.6. The van der Waals surface area contributed by atoms with Gasteiger partial charge in [-0.2, -0.15) is 0 Å². The number of esters is 2. The van der Waals surface area contributed by atoms with Crippen LogP contribution in [0.25, 0.3) is 0 Å². The first-order valence-electron chi connectivity index (χ1n) is 8.94. The number of hydrogen-bond donors (Lipinski definition) is 1. The molecule has 0 aliphatic rings. The zero-order valence-electron chi connectivity index (χ0n) is 15.5. The van der Waals surface area contributed by atoms with Gasteiger partial charge < -0.3 is 14.8 Å². The summed E-state index contributed by atoms with van der Waals surface area (Å²) in [6.07, 6.45) is -0.0835. The second-order valence-corrected chi connectivity index (χ2v) is 6.34. The molecule has 0 aliphatic heterocycles. The highest BCUT2D eigenvalue weighted by molar-refractivity contribution is 6.30. The van der Waals surface area contributed by atoms with E-state index in [-0.39, 0.29) is 19.6 Å². The van der Waals surface area contributed by atoms with Crippen molar-refractivity contribution in [2.24, 2.45) is 5.92 Å². The summed E-state index contributed by atoms with van der Waals surface area (Å²) in [6, 6.07) is 16.2. The molecule has 0 heterocycles. The van der Waals surface area contributed by atoms with E-state index in [1.165, 1.54) is 0 Å². The van der Waals surface area contributed by atoms with Crippen LogP contribution in [0.2, 0.25) is 5.02 Å². The molecule has 0 spiro atoms. The van der Waals surface area contributed by atoms with Crippen LogP contribution in [-0.4, -0.2) is 25.2 Å². The van der Waals surface area contributed by atoms with Gasteiger partial charge in [-0.15, -0.1) is 0 Å². The van der Waals surface area contributed by atoms with E-state index in [9.17, 15) is 9.59 Å². The van der Waals surface area contributed by atoms with Crippen molar-refractivity contribution in [2.75, 3.05) is 18.5 Å². The Morgan fingerprint density at radius 1 is 0.963 bits per heavy atom. The van der Waals surface area contributed by atoms with Crippen molar-refractivity contribution in [3.63, 3.8) is 0 Å². The molecule has 0 aliphatic carbocycles. The second-order valence-electron chi connectivity index (χ2n) is 5.91. The first-order chi connectivity index (χ1) is 13.0. The van der Waals surface area contributed by atoms with Gasteiger partial charge in [-0.3, -0.25) is 9.59 Å². The van der Waals surface area contributed by atoms with Gasteiger partial charge in [0.2, 0.25) is 0 Å². The summed E-state index contributed by atoms with van der Waals surface area (Å²) in [5.41, 5.74) is 1.65. The molecule has 0 amide bonds. The van der Waals surface area contributed by atoms with Crippen LogP contribution in [0.4, 0.5) is 5.69 Å². The molecule has 0 bridgehead atoms. The molecule has 6 heteroatoms. The van der Waals surface area contributed by atoms with E-state index in [0.717, 1.165) is 11.3 Å². The van der Waals surface area contributed by atoms with Crippen LogP contribution in [0, 0.1) is 5.92 Å². The minimum atomic E-state index is -0.745. The van der Waals surface area contributed by atoms with Crippen LogP contribution in [0.1, 0.15) is 31.9 Å². The third-order valence-corrected chi connectivity index (χ3v) is 4.26. The molecule has 2 aromatic carbocycles. The van der Waals surface area contributed by atoms with E-state index in [2.05, 4.69) is 5.32 Å². The molecule has 27 heavy (non-hydrogen) atoms.